The van der Waals surface area contributed by atoms with Crippen LogP contribution in [-0.2, 0) is 9.59 Å². The third-order valence-electron chi connectivity index (χ3n) is 5.88. The van der Waals surface area contributed by atoms with Crippen LogP contribution in [0.4, 0.5) is 0 Å². The summed E-state index contributed by atoms with van der Waals surface area (Å²) in [5.74, 6) is 1.06. The Hall–Kier alpha value is -2.04. The van der Waals surface area contributed by atoms with Gasteiger partial charge in [-0.25, -0.2) is 0 Å². The number of rotatable bonds is 4. The molecule has 0 radical (unpaired) electrons. The molecule has 3 rings (SSSR count). The molecule has 2 aliphatic heterocycles. The minimum absolute atomic E-state index is 0.0456. The zero-order valence-corrected chi connectivity index (χ0v) is 17.7. The predicted molar refractivity (Wildman–Crippen MR) is 110 cm³/mol. The third-order valence-corrected chi connectivity index (χ3v) is 5.88. The van der Waals surface area contributed by atoms with E-state index in [1.165, 1.54) is 6.42 Å². The highest BCUT2D eigenvalue weighted by Gasteiger charge is 2.42. The molecular formula is C23H34N2O3. The molecule has 2 aliphatic rings. The lowest BCUT2D eigenvalue weighted by molar-refractivity contribution is -0.137. The summed E-state index contributed by atoms with van der Waals surface area (Å²) in [4.78, 5) is 30.1. The van der Waals surface area contributed by atoms with E-state index in [0.29, 0.717) is 19.5 Å². The van der Waals surface area contributed by atoms with Crippen LogP contribution in [0.5, 0.6) is 5.75 Å². The molecule has 0 spiro atoms. The summed E-state index contributed by atoms with van der Waals surface area (Å²) in [6.07, 6.45) is 3.87. The monoisotopic (exact) mass is 386 g/mol. The number of piperidine rings is 1. The summed E-state index contributed by atoms with van der Waals surface area (Å²) < 4.78 is 5.28. The van der Waals surface area contributed by atoms with Crippen molar-refractivity contribution in [2.45, 2.75) is 52.4 Å². The summed E-state index contributed by atoms with van der Waals surface area (Å²) in [5, 5.41) is 0. The summed E-state index contributed by atoms with van der Waals surface area (Å²) in [7, 11) is 1.65. The Kier molecular flexibility index (Phi) is 6.31. The van der Waals surface area contributed by atoms with Crippen LogP contribution in [0, 0.1) is 11.3 Å². The standard InChI is InChI=1S/C23H34N2O3/c1-23(2,3)14-21(26)25-15-19(17-8-10-18(28-4)11-9-17)20(16-25)22(27)24-12-6-5-7-13-24/h8-11,19-20H,5-7,12-16H2,1-4H3/t19-,20+/m1/s1. The van der Waals surface area contributed by atoms with E-state index in [1.807, 2.05) is 34.1 Å². The molecule has 1 aromatic rings. The number of amides is 2. The quantitative estimate of drug-likeness (QED) is 0.793. The van der Waals surface area contributed by atoms with Crippen LogP contribution in [0.3, 0.4) is 0 Å². The first-order valence-electron chi connectivity index (χ1n) is 10.5. The van der Waals surface area contributed by atoms with Crippen molar-refractivity contribution in [2.75, 3.05) is 33.3 Å². The second kappa shape index (κ2) is 8.54. The zero-order chi connectivity index (χ0) is 20.3. The Morgan fingerprint density at radius 3 is 2.21 bits per heavy atom. The van der Waals surface area contributed by atoms with Gasteiger partial charge in [0.15, 0.2) is 0 Å². The van der Waals surface area contributed by atoms with Crippen molar-refractivity contribution in [1.82, 2.24) is 9.80 Å². The zero-order valence-electron chi connectivity index (χ0n) is 17.7. The van der Waals surface area contributed by atoms with Gasteiger partial charge in [0.25, 0.3) is 0 Å². The molecule has 1 aromatic carbocycles. The molecule has 5 nitrogen and oxygen atoms in total. The molecule has 0 unspecified atom stereocenters. The Morgan fingerprint density at radius 2 is 1.64 bits per heavy atom. The molecule has 0 N–H and O–H groups in total. The fourth-order valence-corrected chi connectivity index (χ4v) is 4.36. The number of carbonyl (C=O) groups is 2. The number of benzene rings is 1. The highest BCUT2D eigenvalue weighted by atomic mass is 16.5. The van der Waals surface area contributed by atoms with Crippen molar-refractivity contribution in [2.24, 2.45) is 11.3 Å². The Morgan fingerprint density at radius 1 is 1.00 bits per heavy atom. The number of methoxy groups -OCH3 is 1. The predicted octanol–water partition coefficient (Wildman–Crippen LogP) is 3.69. The molecule has 0 aromatic heterocycles. The van der Waals surface area contributed by atoms with Gasteiger partial charge in [-0.3, -0.25) is 9.59 Å². The van der Waals surface area contributed by atoms with Gasteiger partial charge in [-0.15, -0.1) is 0 Å². The normalized spacial score (nSPS) is 23.0. The Bertz CT molecular complexity index is 687. The van der Waals surface area contributed by atoms with Gasteiger partial charge in [-0.05, 0) is 42.4 Å². The molecule has 154 valence electrons. The molecule has 0 aliphatic carbocycles. The highest BCUT2D eigenvalue weighted by molar-refractivity contribution is 5.83. The van der Waals surface area contributed by atoms with Crippen molar-refractivity contribution in [3.63, 3.8) is 0 Å². The van der Waals surface area contributed by atoms with E-state index in [9.17, 15) is 9.59 Å². The minimum Gasteiger partial charge on any atom is -0.497 e. The number of nitrogens with zero attached hydrogens (tertiary/aromatic N) is 2. The van der Waals surface area contributed by atoms with E-state index in [2.05, 4.69) is 20.8 Å². The lowest BCUT2D eigenvalue weighted by Gasteiger charge is -2.31. The van der Waals surface area contributed by atoms with E-state index >= 15 is 0 Å². The topological polar surface area (TPSA) is 49.9 Å². The van der Waals surface area contributed by atoms with Gasteiger partial charge in [-0.1, -0.05) is 32.9 Å². The van der Waals surface area contributed by atoms with Gasteiger partial charge in [0.1, 0.15) is 5.75 Å². The summed E-state index contributed by atoms with van der Waals surface area (Å²) in [5.41, 5.74) is 1.06. The smallest absolute Gasteiger partial charge is 0.228 e. The lowest BCUT2D eigenvalue weighted by atomic mass is 9.87. The van der Waals surface area contributed by atoms with Crippen molar-refractivity contribution in [1.29, 1.82) is 0 Å². The maximum atomic E-state index is 13.3. The summed E-state index contributed by atoms with van der Waals surface area (Å²) in [6, 6.07) is 7.96. The van der Waals surface area contributed by atoms with Crippen LogP contribution in [0.2, 0.25) is 0 Å². The van der Waals surface area contributed by atoms with E-state index in [1.54, 1.807) is 7.11 Å². The van der Waals surface area contributed by atoms with Gasteiger partial charge >= 0.3 is 0 Å². The van der Waals surface area contributed by atoms with Gasteiger partial charge in [0.05, 0.1) is 13.0 Å². The molecule has 0 bridgehead atoms. The first kappa shape index (κ1) is 20.7. The molecule has 2 heterocycles. The SMILES string of the molecule is COc1ccc([C@H]2CN(C(=O)CC(C)(C)C)C[C@@H]2C(=O)N2CCCCC2)cc1. The number of carbonyl (C=O) groups excluding carboxylic acids is 2. The first-order valence-corrected chi connectivity index (χ1v) is 10.5. The molecule has 28 heavy (non-hydrogen) atoms. The molecule has 5 heteroatoms. The van der Waals surface area contributed by atoms with E-state index < -0.39 is 0 Å². The average Bonchev–Trinajstić information content (AvgIpc) is 3.12. The second-order valence-electron chi connectivity index (χ2n) is 9.41. The van der Waals surface area contributed by atoms with Crippen molar-refractivity contribution >= 4 is 11.8 Å². The van der Waals surface area contributed by atoms with Gasteiger partial charge < -0.3 is 14.5 Å². The van der Waals surface area contributed by atoms with Crippen molar-refractivity contribution in [3.05, 3.63) is 29.8 Å². The Balaban J connectivity index is 1.81. The third kappa shape index (κ3) is 4.86. The largest absolute Gasteiger partial charge is 0.497 e. The highest BCUT2D eigenvalue weighted by Crippen LogP contribution is 2.36. The lowest BCUT2D eigenvalue weighted by Crippen LogP contribution is -2.42. The first-order chi connectivity index (χ1) is 13.3. The maximum absolute atomic E-state index is 13.3. The van der Waals surface area contributed by atoms with Crippen molar-refractivity contribution in [3.8, 4) is 5.75 Å². The van der Waals surface area contributed by atoms with E-state index in [4.69, 9.17) is 4.74 Å². The van der Waals surface area contributed by atoms with E-state index in [0.717, 1.165) is 37.2 Å². The summed E-state index contributed by atoms with van der Waals surface area (Å²) >= 11 is 0. The molecule has 2 atom stereocenters. The number of hydrogen-bond acceptors (Lipinski definition) is 3. The molecule has 2 saturated heterocycles. The molecular weight excluding hydrogens is 352 g/mol. The minimum atomic E-state index is -0.157. The number of ether oxygens (including phenoxy) is 1. The average molecular weight is 387 g/mol. The molecule has 2 fully saturated rings. The second-order valence-corrected chi connectivity index (χ2v) is 9.41. The van der Waals surface area contributed by atoms with Gasteiger partial charge in [0.2, 0.25) is 11.8 Å². The van der Waals surface area contributed by atoms with Gasteiger partial charge in [-0.2, -0.15) is 0 Å². The summed E-state index contributed by atoms with van der Waals surface area (Å²) in [6.45, 7) is 9.09. The molecule has 2 amide bonds. The maximum Gasteiger partial charge on any atom is 0.228 e. The van der Waals surface area contributed by atoms with Crippen molar-refractivity contribution < 1.29 is 14.3 Å². The fourth-order valence-electron chi connectivity index (χ4n) is 4.36. The number of hydrogen-bond donors (Lipinski definition) is 0. The van der Waals surface area contributed by atoms with Crippen LogP contribution in [0.15, 0.2) is 24.3 Å². The molecule has 0 saturated carbocycles. The van der Waals surface area contributed by atoms with Crippen LogP contribution in [-0.4, -0.2) is 54.9 Å². The number of likely N-dealkylation sites (tertiary alicyclic amines) is 2. The fraction of sp³-hybridized carbons (Fsp3) is 0.652. The Labute approximate surface area is 169 Å². The van der Waals surface area contributed by atoms with Crippen LogP contribution in [0.25, 0.3) is 0 Å². The van der Waals surface area contributed by atoms with Crippen LogP contribution < -0.4 is 4.74 Å². The van der Waals surface area contributed by atoms with Crippen LogP contribution in [0.1, 0.15) is 57.9 Å². The van der Waals surface area contributed by atoms with Gasteiger partial charge in [0, 0.05) is 38.5 Å². The van der Waals surface area contributed by atoms with Crippen LogP contribution >= 0.6 is 0 Å². The van der Waals surface area contributed by atoms with E-state index in [-0.39, 0.29) is 29.1 Å².